The van der Waals surface area contributed by atoms with Crippen molar-refractivity contribution < 1.29 is 63.7 Å². The monoisotopic (exact) mass is 512 g/mol. The summed E-state index contributed by atoms with van der Waals surface area (Å²) in [5, 5.41) is 23.1. The zero-order valence-electron chi connectivity index (χ0n) is 20.4. The van der Waals surface area contributed by atoms with Crippen molar-refractivity contribution in [2.45, 2.75) is 57.3 Å². The Balaban J connectivity index is 0.00000342. The van der Waals surface area contributed by atoms with E-state index >= 15 is 0 Å². The van der Waals surface area contributed by atoms with Crippen LogP contribution in [0.15, 0.2) is 40.9 Å². The quantitative estimate of drug-likeness (QED) is 0.223. The fourth-order valence-corrected chi connectivity index (χ4v) is 6.38. The number of ether oxygens (including phenoxy) is 1. The van der Waals surface area contributed by atoms with Crippen molar-refractivity contribution in [2.75, 3.05) is 13.2 Å². The molecule has 2 fully saturated rings. The molecule has 0 saturated carbocycles. The largest absolute Gasteiger partial charge is 1.00 e. The van der Waals surface area contributed by atoms with Crippen molar-refractivity contribution in [1.29, 1.82) is 0 Å². The van der Waals surface area contributed by atoms with Crippen molar-refractivity contribution in [1.82, 2.24) is 9.96 Å². The van der Waals surface area contributed by atoms with Gasteiger partial charge in [-0.1, -0.05) is 37.3 Å². The Labute approximate surface area is 231 Å². The van der Waals surface area contributed by atoms with E-state index in [9.17, 15) is 24.6 Å². The third kappa shape index (κ3) is 5.79. The summed E-state index contributed by atoms with van der Waals surface area (Å²) >= 11 is 1.39. The normalized spacial score (nSPS) is 28.3. The molecule has 1 aromatic rings. The van der Waals surface area contributed by atoms with Gasteiger partial charge in [0, 0.05) is 23.0 Å². The number of β-lactam (4-membered cyclic amide) rings is 1. The van der Waals surface area contributed by atoms with E-state index in [1.165, 1.54) is 28.6 Å². The molecule has 1 aromatic carbocycles. The molecule has 4 rings (SSSR count). The van der Waals surface area contributed by atoms with Crippen LogP contribution < -0.4 is 34.7 Å². The number of benzene rings is 1. The first-order valence-corrected chi connectivity index (χ1v) is 12.3. The van der Waals surface area contributed by atoms with Gasteiger partial charge in [0.1, 0.15) is 6.61 Å². The minimum atomic E-state index is -1.39. The Morgan fingerprint density at radius 1 is 1.34 bits per heavy atom. The number of thioether (sulfide) groups is 1. The molecule has 2 saturated heterocycles. The second-order valence-corrected chi connectivity index (χ2v) is 10.4. The zero-order chi connectivity index (χ0) is 24.6. The van der Waals surface area contributed by atoms with E-state index in [-0.39, 0.29) is 83.5 Å². The van der Waals surface area contributed by atoms with Crippen molar-refractivity contribution in [3.05, 3.63) is 46.5 Å². The summed E-state index contributed by atoms with van der Waals surface area (Å²) in [5.74, 6) is -2.83. The van der Waals surface area contributed by atoms with Crippen molar-refractivity contribution >= 4 is 29.5 Å². The molecular weight excluding hydrogens is 483 g/mol. The molecule has 0 bridgehead atoms. The number of fused-ring (bicyclic) bond motifs is 1. The average molecular weight is 513 g/mol. The summed E-state index contributed by atoms with van der Waals surface area (Å²) in [4.78, 5) is 44.0. The number of hydroxylamine groups is 2. The van der Waals surface area contributed by atoms with Crippen LogP contribution in [0.1, 0.15) is 32.8 Å². The van der Waals surface area contributed by atoms with E-state index in [2.05, 4.69) is 0 Å². The number of hydrogen-bond donors (Lipinski definition) is 1. The summed E-state index contributed by atoms with van der Waals surface area (Å²) in [6.45, 7) is 5.77. The van der Waals surface area contributed by atoms with Gasteiger partial charge in [-0.2, -0.15) is 0 Å². The number of nitrogens with zero attached hydrogens (tertiary/aromatic N) is 2. The Kier molecular flexibility index (Phi) is 9.47. The molecule has 3 aliphatic heterocycles. The number of carbonyl (C=O) groups is 3. The Hall–Kier alpha value is -1.40. The first-order valence-electron chi connectivity index (χ1n) is 11.4. The molecule has 6 atom stereocenters. The maximum absolute atomic E-state index is 12.5. The fraction of sp³-hybridized carbons (Fsp3) is 0.542. The van der Waals surface area contributed by atoms with E-state index in [1.807, 2.05) is 37.3 Å². The smallest absolute Gasteiger partial charge is 0.543 e. The zero-order valence-corrected chi connectivity index (χ0v) is 23.2. The molecule has 2 amide bonds. The molecule has 184 valence electrons. The van der Waals surface area contributed by atoms with Gasteiger partial charge in [0.15, 0.2) is 0 Å². The van der Waals surface area contributed by atoms with E-state index < -0.39 is 18.0 Å². The number of aliphatic hydroxyl groups excluding tert-OH is 1. The van der Waals surface area contributed by atoms with Crippen LogP contribution in [0.3, 0.4) is 0 Å². The number of hydrogen-bond acceptors (Lipinski definition) is 8. The van der Waals surface area contributed by atoms with E-state index in [4.69, 9.17) is 9.57 Å². The second kappa shape index (κ2) is 11.8. The first kappa shape index (κ1) is 28.2. The van der Waals surface area contributed by atoms with E-state index in [0.717, 1.165) is 5.56 Å². The summed E-state index contributed by atoms with van der Waals surface area (Å²) < 4.78 is 5.89. The molecule has 0 aliphatic carbocycles. The predicted molar refractivity (Wildman–Crippen MR) is 121 cm³/mol. The molecular formula is C24H29N2NaO7S. The van der Waals surface area contributed by atoms with Gasteiger partial charge < -0.3 is 24.6 Å². The molecule has 35 heavy (non-hydrogen) atoms. The minimum absolute atomic E-state index is 0. The average Bonchev–Trinajstić information content (AvgIpc) is 3.32. The molecule has 0 radical (unpaired) electrons. The van der Waals surface area contributed by atoms with Gasteiger partial charge >= 0.3 is 29.6 Å². The Bertz CT molecular complexity index is 989. The summed E-state index contributed by atoms with van der Waals surface area (Å²) in [5.41, 5.74) is 0.852. The Morgan fingerprint density at radius 3 is 2.63 bits per heavy atom. The van der Waals surface area contributed by atoms with Gasteiger partial charge in [0.25, 0.3) is 0 Å². The van der Waals surface area contributed by atoms with Crippen LogP contribution in [0, 0.1) is 11.8 Å². The van der Waals surface area contributed by atoms with Crippen LogP contribution in [0.2, 0.25) is 0 Å². The van der Waals surface area contributed by atoms with Crippen LogP contribution in [0.25, 0.3) is 0 Å². The standard InChI is InChI=1S/C24H30N2O7S.Na/c1-13-20-19(14(2)27)23(29)26(20)21(24(30)31)22(13)34-18-9-17(32-12-18)10-25(15(3)28)33-11-16-7-5-4-6-8-16;/h4-8,13-14,17-20,27H,9-12H2,1-3H3,(H,30,31);/q;+1/p-1. The third-order valence-electron chi connectivity index (χ3n) is 6.59. The molecule has 11 heteroatoms. The molecule has 1 N–H and O–H groups in total. The molecule has 6 unspecified atom stereocenters. The summed E-state index contributed by atoms with van der Waals surface area (Å²) in [7, 11) is 0. The number of carbonyl (C=O) groups excluding carboxylic acids is 3. The second-order valence-electron chi connectivity index (χ2n) is 9.02. The number of aliphatic hydroxyl groups is 1. The van der Waals surface area contributed by atoms with Gasteiger partial charge in [-0.15, -0.1) is 11.8 Å². The first-order chi connectivity index (χ1) is 16.2. The number of aliphatic carboxylic acids is 1. The molecule has 0 aromatic heterocycles. The maximum Gasteiger partial charge on any atom is 1.00 e. The van der Waals surface area contributed by atoms with Crippen molar-refractivity contribution in [3.63, 3.8) is 0 Å². The van der Waals surface area contributed by atoms with Gasteiger partial charge in [-0.05, 0) is 18.9 Å². The van der Waals surface area contributed by atoms with Crippen LogP contribution in [-0.2, 0) is 30.6 Å². The van der Waals surface area contributed by atoms with Gasteiger partial charge in [0.2, 0.25) is 11.8 Å². The number of carboxylic acids is 1. The van der Waals surface area contributed by atoms with Gasteiger partial charge in [-0.25, -0.2) is 5.06 Å². The fourth-order valence-electron chi connectivity index (χ4n) is 4.91. The third-order valence-corrected chi connectivity index (χ3v) is 8.07. The number of amides is 2. The van der Waals surface area contributed by atoms with Crippen LogP contribution in [0.4, 0.5) is 0 Å². The van der Waals surface area contributed by atoms with Crippen LogP contribution >= 0.6 is 11.8 Å². The number of carboxylic acid groups (broad SMARTS) is 1. The van der Waals surface area contributed by atoms with Crippen molar-refractivity contribution in [2.24, 2.45) is 11.8 Å². The van der Waals surface area contributed by atoms with Gasteiger partial charge in [-0.3, -0.25) is 14.4 Å². The molecule has 9 nitrogen and oxygen atoms in total. The molecule has 3 aliphatic rings. The van der Waals surface area contributed by atoms with Crippen molar-refractivity contribution in [3.8, 4) is 0 Å². The minimum Gasteiger partial charge on any atom is -0.543 e. The summed E-state index contributed by atoms with van der Waals surface area (Å²) in [6.07, 6.45) is -0.515. The predicted octanol–water partition coefficient (Wildman–Crippen LogP) is -2.32. The molecule has 3 heterocycles. The summed E-state index contributed by atoms with van der Waals surface area (Å²) in [6, 6.07) is 9.17. The number of rotatable bonds is 9. The van der Waals surface area contributed by atoms with Crippen LogP contribution in [-0.4, -0.2) is 69.5 Å². The topological polar surface area (TPSA) is 119 Å². The van der Waals surface area contributed by atoms with E-state index in [0.29, 0.717) is 17.9 Å². The van der Waals surface area contributed by atoms with E-state index in [1.54, 1.807) is 6.92 Å². The molecule has 0 spiro atoms. The van der Waals surface area contributed by atoms with Gasteiger partial charge in [0.05, 0.1) is 49.0 Å². The Morgan fingerprint density at radius 2 is 2.03 bits per heavy atom. The van der Waals surface area contributed by atoms with Crippen LogP contribution in [0.5, 0.6) is 0 Å². The maximum atomic E-state index is 12.5. The SMILES string of the molecule is CC(=O)N(CC1CC(SC2=C(C(=O)[O-])N3C(=O)C(C(C)O)C3C2C)CO1)OCc1ccccc1.[Na+].